The van der Waals surface area contributed by atoms with Crippen molar-refractivity contribution in [1.82, 2.24) is 15.1 Å². The minimum Gasteiger partial charge on any atom is -0.496 e. The lowest BCUT2D eigenvalue weighted by molar-refractivity contribution is 0.388. The summed E-state index contributed by atoms with van der Waals surface area (Å²) in [7, 11) is 10.1. The predicted molar refractivity (Wildman–Crippen MR) is 85.3 cm³/mol. The molecule has 4 nitrogen and oxygen atoms in total. The minimum atomic E-state index is 0.860. The molecule has 0 saturated heterocycles. The molecule has 0 aliphatic rings. The van der Waals surface area contributed by atoms with Gasteiger partial charge in [0.2, 0.25) is 0 Å². The molecule has 0 bridgehead atoms. The van der Waals surface area contributed by atoms with Crippen LogP contribution in [0.2, 0.25) is 0 Å². The topological polar surface area (TPSA) is 27.7 Å². The van der Waals surface area contributed by atoms with Crippen LogP contribution in [0.5, 0.6) is 5.75 Å². The summed E-state index contributed by atoms with van der Waals surface area (Å²) in [6.45, 7) is 3.94. The van der Waals surface area contributed by atoms with E-state index in [1.165, 1.54) is 11.1 Å². The molecule has 0 fully saturated rings. The molecule has 0 radical (unpaired) electrons. The molecule has 0 aliphatic carbocycles. The van der Waals surface area contributed by atoms with Gasteiger partial charge in [-0.1, -0.05) is 12.1 Å². The van der Waals surface area contributed by atoms with Gasteiger partial charge in [-0.3, -0.25) is 0 Å². The number of methoxy groups -OCH3 is 1. The summed E-state index contributed by atoms with van der Waals surface area (Å²) in [4.78, 5) is 4.37. The Morgan fingerprint density at radius 1 is 1.10 bits per heavy atom. The first-order chi connectivity index (χ1) is 9.52. The van der Waals surface area contributed by atoms with Crippen LogP contribution < -0.4 is 10.1 Å². The number of nitrogens with zero attached hydrogens (tertiary/aromatic N) is 2. The largest absolute Gasteiger partial charge is 0.496 e. The molecule has 1 N–H and O–H groups in total. The predicted octanol–water partition coefficient (Wildman–Crippen LogP) is 1.80. The van der Waals surface area contributed by atoms with Crippen LogP contribution in [0.4, 0.5) is 0 Å². The number of nitrogens with one attached hydrogen (secondary N) is 1. The third kappa shape index (κ3) is 6.37. The Morgan fingerprint density at radius 3 is 2.45 bits per heavy atom. The van der Waals surface area contributed by atoms with E-state index in [-0.39, 0.29) is 0 Å². The van der Waals surface area contributed by atoms with Gasteiger partial charge in [-0.15, -0.1) is 0 Å². The van der Waals surface area contributed by atoms with Crippen molar-refractivity contribution in [3.63, 3.8) is 0 Å². The first-order valence-electron chi connectivity index (χ1n) is 7.19. The highest BCUT2D eigenvalue weighted by Gasteiger charge is 2.05. The third-order valence-electron chi connectivity index (χ3n) is 3.12. The molecule has 0 amide bonds. The van der Waals surface area contributed by atoms with Gasteiger partial charge in [-0.25, -0.2) is 0 Å². The lowest BCUT2D eigenvalue weighted by atomic mass is 10.1. The second kappa shape index (κ2) is 8.95. The van der Waals surface area contributed by atoms with Crippen molar-refractivity contribution >= 4 is 0 Å². The maximum absolute atomic E-state index is 5.50. The molecule has 1 aromatic rings. The van der Waals surface area contributed by atoms with Crippen molar-refractivity contribution in [2.75, 3.05) is 48.4 Å². The Balaban J connectivity index is 2.48. The fourth-order valence-corrected chi connectivity index (χ4v) is 2.14. The summed E-state index contributed by atoms with van der Waals surface area (Å²) in [5, 5.41) is 3.47. The molecule has 0 saturated carbocycles. The van der Waals surface area contributed by atoms with Crippen LogP contribution in [0.15, 0.2) is 18.2 Å². The molecule has 0 heterocycles. The van der Waals surface area contributed by atoms with E-state index < -0.39 is 0 Å². The molecule has 0 atom stereocenters. The fourth-order valence-electron chi connectivity index (χ4n) is 2.14. The van der Waals surface area contributed by atoms with Crippen LogP contribution in [-0.2, 0) is 13.1 Å². The van der Waals surface area contributed by atoms with Gasteiger partial charge in [0.15, 0.2) is 0 Å². The van der Waals surface area contributed by atoms with Crippen molar-refractivity contribution < 1.29 is 4.74 Å². The van der Waals surface area contributed by atoms with Gasteiger partial charge >= 0.3 is 0 Å². The molecule has 1 aromatic carbocycles. The van der Waals surface area contributed by atoms with Gasteiger partial charge < -0.3 is 19.9 Å². The highest BCUT2D eigenvalue weighted by molar-refractivity contribution is 5.37. The number of hydrogen-bond acceptors (Lipinski definition) is 4. The summed E-state index contributed by atoms with van der Waals surface area (Å²) in [6, 6.07) is 6.48. The van der Waals surface area contributed by atoms with Crippen molar-refractivity contribution in [1.29, 1.82) is 0 Å². The van der Waals surface area contributed by atoms with Crippen LogP contribution >= 0.6 is 0 Å². The van der Waals surface area contributed by atoms with Crippen molar-refractivity contribution in [3.05, 3.63) is 29.3 Å². The van der Waals surface area contributed by atoms with Crippen LogP contribution in [0, 0.1) is 0 Å². The Labute approximate surface area is 123 Å². The summed E-state index contributed by atoms with van der Waals surface area (Å²) in [5.74, 6) is 0.976. The van der Waals surface area contributed by atoms with E-state index in [1.807, 2.05) is 0 Å². The zero-order valence-corrected chi connectivity index (χ0v) is 13.6. The number of ether oxygens (including phenoxy) is 1. The van der Waals surface area contributed by atoms with Gasteiger partial charge in [-0.2, -0.15) is 0 Å². The monoisotopic (exact) mass is 279 g/mol. The van der Waals surface area contributed by atoms with Crippen molar-refractivity contribution in [3.8, 4) is 5.75 Å². The number of benzene rings is 1. The molecule has 4 heteroatoms. The highest BCUT2D eigenvalue weighted by Crippen LogP contribution is 2.20. The first-order valence-corrected chi connectivity index (χ1v) is 7.19. The number of rotatable bonds is 9. The average Bonchev–Trinajstić information content (AvgIpc) is 2.38. The van der Waals surface area contributed by atoms with E-state index in [4.69, 9.17) is 4.74 Å². The highest BCUT2D eigenvalue weighted by atomic mass is 16.5. The molecule has 0 spiro atoms. The van der Waals surface area contributed by atoms with Crippen molar-refractivity contribution in [2.24, 2.45) is 0 Å². The zero-order valence-electron chi connectivity index (χ0n) is 13.6. The number of hydrogen-bond donors (Lipinski definition) is 1. The summed E-state index contributed by atoms with van der Waals surface area (Å²) in [6.07, 6.45) is 1.16. The first kappa shape index (κ1) is 17.0. The maximum Gasteiger partial charge on any atom is 0.123 e. The molecule has 0 aliphatic heterocycles. The van der Waals surface area contributed by atoms with Crippen LogP contribution in [0.1, 0.15) is 17.5 Å². The maximum atomic E-state index is 5.50. The summed E-state index contributed by atoms with van der Waals surface area (Å²) >= 11 is 0. The summed E-state index contributed by atoms with van der Waals surface area (Å²) < 4.78 is 5.50. The molecule has 20 heavy (non-hydrogen) atoms. The second-order valence-corrected chi connectivity index (χ2v) is 5.72. The average molecular weight is 279 g/mol. The SMILES string of the molecule is COc1cc(CN(C)C)ccc1CNCCCN(C)C. The van der Waals surface area contributed by atoms with E-state index in [2.05, 4.69) is 61.5 Å². The Bertz CT molecular complexity index is 391. The lowest BCUT2D eigenvalue weighted by Crippen LogP contribution is -2.21. The van der Waals surface area contributed by atoms with E-state index in [9.17, 15) is 0 Å². The van der Waals surface area contributed by atoms with E-state index >= 15 is 0 Å². The van der Waals surface area contributed by atoms with Gasteiger partial charge in [-0.05, 0) is 59.3 Å². The minimum absolute atomic E-state index is 0.860. The lowest BCUT2D eigenvalue weighted by Gasteiger charge is -2.14. The molecule has 0 unspecified atom stereocenters. The fraction of sp³-hybridized carbons (Fsp3) is 0.625. The van der Waals surface area contributed by atoms with E-state index in [0.717, 1.165) is 38.3 Å². The van der Waals surface area contributed by atoms with Crippen molar-refractivity contribution in [2.45, 2.75) is 19.5 Å². The molecular formula is C16H29N3O. The second-order valence-electron chi connectivity index (χ2n) is 5.72. The van der Waals surface area contributed by atoms with Gasteiger partial charge in [0.1, 0.15) is 5.75 Å². The zero-order chi connectivity index (χ0) is 15.0. The van der Waals surface area contributed by atoms with Gasteiger partial charge in [0.05, 0.1) is 7.11 Å². The Morgan fingerprint density at radius 2 is 1.85 bits per heavy atom. The molecule has 0 aromatic heterocycles. The standard InChI is InChI=1S/C16H29N3O/c1-18(2)10-6-9-17-12-15-8-7-14(13-19(3)4)11-16(15)20-5/h7-8,11,17H,6,9-10,12-13H2,1-5H3. The van der Waals surface area contributed by atoms with E-state index in [1.54, 1.807) is 7.11 Å². The normalized spacial score (nSPS) is 11.3. The van der Waals surface area contributed by atoms with Crippen LogP contribution in [0.25, 0.3) is 0 Å². The third-order valence-corrected chi connectivity index (χ3v) is 3.12. The van der Waals surface area contributed by atoms with Crippen LogP contribution in [0.3, 0.4) is 0 Å². The van der Waals surface area contributed by atoms with Crippen LogP contribution in [-0.4, -0.2) is 58.2 Å². The molecular weight excluding hydrogens is 250 g/mol. The molecule has 1 rings (SSSR count). The Hall–Kier alpha value is -1.10. The Kier molecular flexibility index (Phi) is 7.59. The van der Waals surface area contributed by atoms with Gasteiger partial charge in [0.25, 0.3) is 0 Å². The quantitative estimate of drug-likeness (QED) is 0.698. The summed E-state index contributed by atoms with van der Waals surface area (Å²) in [5.41, 5.74) is 2.50. The molecule has 114 valence electrons. The van der Waals surface area contributed by atoms with Gasteiger partial charge in [0, 0.05) is 18.7 Å². The smallest absolute Gasteiger partial charge is 0.123 e. The van der Waals surface area contributed by atoms with E-state index in [0.29, 0.717) is 0 Å².